The normalized spacial score (nSPS) is 17.1. The van der Waals surface area contributed by atoms with Crippen LogP contribution >= 0.6 is 15.9 Å². The van der Waals surface area contributed by atoms with Gasteiger partial charge in [0, 0.05) is 22.6 Å². The van der Waals surface area contributed by atoms with Gasteiger partial charge in [0.15, 0.2) is 0 Å². The van der Waals surface area contributed by atoms with Crippen LogP contribution in [0.4, 0.5) is 0 Å². The van der Waals surface area contributed by atoms with E-state index >= 15 is 0 Å². The zero-order valence-corrected chi connectivity index (χ0v) is 15.3. The molecule has 0 fully saturated rings. The van der Waals surface area contributed by atoms with E-state index in [4.69, 9.17) is 5.73 Å². The first-order chi connectivity index (χ1) is 9.10. The van der Waals surface area contributed by atoms with Crippen molar-refractivity contribution in [3.05, 3.63) is 34.3 Å². The van der Waals surface area contributed by atoms with Gasteiger partial charge in [-0.3, -0.25) is 4.90 Å². The summed E-state index contributed by atoms with van der Waals surface area (Å²) in [6.45, 7) is 12.0. The van der Waals surface area contributed by atoms with Crippen LogP contribution < -0.4 is 5.73 Å². The highest BCUT2D eigenvalue weighted by Gasteiger charge is 2.35. The molecule has 0 aliphatic heterocycles. The lowest BCUT2D eigenvalue weighted by atomic mass is 9.82. The third-order valence-corrected chi connectivity index (χ3v) is 5.15. The van der Waals surface area contributed by atoms with Crippen molar-refractivity contribution in [1.29, 1.82) is 0 Å². The zero-order valence-electron chi connectivity index (χ0n) is 13.7. The van der Waals surface area contributed by atoms with Gasteiger partial charge in [0.2, 0.25) is 0 Å². The lowest BCUT2D eigenvalue weighted by molar-refractivity contribution is 0.0425. The zero-order chi connectivity index (χ0) is 15.6. The molecule has 2 nitrogen and oxygen atoms in total. The van der Waals surface area contributed by atoms with Crippen LogP contribution in [0.5, 0.6) is 0 Å². The molecule has 114 valence electrons. The van der Waals surface area contributed by atoms with Gasteiger partial charge in [-0.15, -0.1) is 0 Å². The summed E-state index contributed by atoms with van der Waals surface area (Å²) in [6, 6.07) is 9.01. The molecule has 3 heteroatoms. The molecule has 0 aromatic heterocycles. The minimum atomic E-state index is -0.0273. The smallest absolute Gasteiger partial charge is 0.0343 e. The van der Waals surface area contributed by atoms with E-state index < -0.39 is 0 Å². The van der Waals surface area contributed by atoms with E-state index in [2.05, 4.69) is 86.8 Å². The third-order valence-electron chi connectivity index (χ3n) is 4.62. The maximum absolute atomic E-state index is 6.12. The summed E-state index contributed by atoms with van der Waals surface area (Å²) in [5, 5.41) is 0. The second-order valence-electron chi connectivity index (χ2n) is 7.16. The highest BCUT2D eigenvalue weighted by atomic mass is 79.9. The Balaban J connectivity index is 2.93. The summed E-state index contributed by atoms with van der Waals surface area (Å²) >= 11 is 3.49. The molecule has 0 saturated heterocycles. The van der Waals surface area contributed by atoms with Crippen molar-refractivity contribution in [1.82, 2.24) is 4.90 Å². The minimum absolute atomic E-state index is 0.0273. The Kier molecular flexibility index (Phi) is 5.82. The fourth-order valence-electron chi connectivity index (χ4n) is 2.43. The molecule has 1 aromatic rings. The summed E-state index contributed by atoms with van der Waals surface area (Å²) in [5.41, 5.74) is 7.66. The topological polar surface area (TPSA) is 29.3 Å². The third kappa shape index (κ3) is 4.31. The average Bonchev–Trinajstić information content (AvgIpc) is 2.38. The van der Waals surface area contributed by atoms with Gasteiger partial charge in [0.25, 0.3) is 0 Å². The molecular formula is C17H29BrN2. The predicted molar refractivity (Wildman–Crippen MR) is 92.0 cm³/mol. The van der Waals surface area contributed by atoms with Gasteiger partial charge in [0.05, 0.1) is 0 Å². The van der Waals surface area contributed by atoms with Gasteiger partial charge in [-0.25, -0.2) is 0 Å². The number of nitrogens with two attached hydrogens (primary N) is 1. The Morgan fingerprint density at radius 3 is 2.05 bits per heavy atom. The molecule has 2 N–H and O–H groups in total. The van der Waals surface area contributed by atoms with Crippen LogP contribution in [0.2, 0.25) is 0 Å². The van der Waals surface area contributed by atoms with Crippen LogP contribution in [0.15, 0.2) is 28.7 Å². The maximum Gasteiger partial charge on any atom is 0.0343 e. The van der Waals surface area contributed by atoms with Crippen molar-refractivity contribution in [3.63, 3.8) is 0 Å². The first kappa shape index (κ1) is 17.7. The summed E-state index contributed by atoms with van der Waals surface area (Å²) < 4.78 is 1.12. The molecular weight excluding hydrogens is 312 g/mol. The molecule has 20 heavy (non-hydrogen) atoms. The monoisotopic (exact) mass is 340 g/mol. The van der Waals surface area contributed by atoms with Crippen LogP contribution in [-0.2, 0) is 6.42 Å². The largest absolute Gasteiger partial charge is 0.329 e. The standard InChI is InChI=1S/C17H29BrN2/c1-13(16(2,3)4)20(6)17(5,12-19)11-14-7-9-15(18)10-8-14/h7-10,13H,11-12,19H2,1-6H3. The Hall–Kier alpha value is -0.380. The van der Waals surface area contributed by atoms with Crippen molar-refractivity contribution in [2.24, 2.45) is 11.1 Å². The molecule has 1 rings (SSSR count). The molecule has 0 aliphatic rings. The molecule has 0 heterocycles. The molecule has 1 aromatic carbocycles. The van der Waals surface area contributed by atoms with E-state index in [1.54, 1.807) is 0 Å². The summed E-state index contributed by atoms with van der Waals surface area (Å²) in [5.74, 6) is 0. The number of nitrogens with zero attached hydrogens (tertiary/aromatic N) is 1. The van der Waals surface area contributed by atoms with E-state index in [-0.39, 0.29) is 11.0 Å². The van der Waals surface area contributed by atoms with Crippen molar-refractivity contribution in [2.75, 3.05) is 13.6 Å². The van der Waals surface area contributed by atoms with Crippen LogP contribution in [0.1, 0.15) is 40.2 Å². The Labute approximate surface area is 132 Å². The lowest BCUT2D eigenvalue weighted by Crippen LogP contribution is -2.57. The van der Waals surface area contributed by atoms with E-state index in [1.165, 1.54) is 5.56 Å². The highest BCUT2D eigenvalue weighted by molar-refractivity contribution is 9.10. The van der Waals surface area contributed by atoms with Crippen LogP contribution in [-0.4, -0.2) is 30.1 Å². The van der Waals surface area contributed by atoms with Gasteiger partial charge in [0.1, 0.15) is 0 Å². The number of rotatable bonds is 5. The summed E-state index contributed by atoms with van der Waals surface area (Å²) in [6.07, 6.45) is 0.966. The van der Waals surface area contributed by atoms with Gasteiger partial charge in [-0.2, -0.15) is 0 Å². The van der Waals surface area contributed by atoms with Gasteiger partial charge in [-0.1, -0.05) is 48.8 Å². The van der Waals surface area contributed by atoms with Gasteiger partial charge < -0.3 is 5.73 Å². The maximum atomic E-state index is 6.12. The predicted octanol–water partition coefficient (Wildman–Crippen LogP) is 4.08. The molecule has 0 bridgehead atoms. The first-order valence-corrected chi connectivity index (χ1v) is 8.07. The Morgan fingerprint density at radius 1 is 1.15 bits per heavy atom. The Morgan fingerprint density at radius 2 is 1.65 bits per heavy atom. The summed E-state index contributed by atoms with van der Waals surface area (Å²) in [7, 11) is 2.20. The second kappa shape index (κ2) is 6.59. The number of hydrogen-bond acceptors (Lipinski definition) is 2. The van der Waals surface area contributed by atoms with Gasteiger partial charge >= 0.3 is 0 Å². The molecule has 0 aliphatic carbocycles. The second-order valence-corrected chi connectivity index (χ2v) is 8.07. The fourth-order valence-corrected chi connectivity index (χ4v) is 2.70. The molecule has 2 atom stereocenters. The van der Waals surface area contributed by atoms with Crippen molar-refractivity contribution in [2.45, 2.75) is 52.6 Å². The molecule has 2 unspecified atom stereocenters. The molecule has 0 spiro atoms. The average molecular weight is 341 g/mol. The lowest BCUT2D eigenvalue weighted by Gasteiger charge is -2.46. The quantitative estimate of drug-likeness (QED) is 0.875. The van der Waals surface area contributed by atoms with E-state index in [0.29, 0.717) is 12.6 Å². The number of benzene rings is 1. The first-order valence-electron chi connectivity index (χ1n) is 7.27. The van der Waals surface area contributed by atoms with Crippen molar-refractivity contribution >= 4 is 15.9 Å². The van der Waals surface area contributed by atoms with Crippen molar-refractivity contribution in [3.8, 4) is 0 Å². The van der Waals surface area contributed by atoms with Crippen LogP contribution in [0.3, 0.4) is 0 Å². The Bertz CT molecular complexity index is 422. The number of likely N-dealkylation sites (N-methyl/N-ethyl adjacent to an activating group) is 1. The number of hydrogen-bond donors (Lipinski definition) is 1. The molecule has 0 amide bonds. The highest BCUT2D eigenvalue weighted by Crippen LogP contribution is 2.30. The molecule has 0 radical (unpaired) electrons. The molecule has 0 saturated carbocycles. The SMILES string of the molecule is CC(N(C)C(C)(CN)Cc1ccc(Br)cc1)C(C)(C)C. The minimum Gasteiger partial charge on any atom is -0.329 e. The van der Waals surface area contributed by atoms with Crippen molar-refractivity contribution < 1.29 is 0 Å². The van der Waals surface area contributed by atoms with Crippen LogP contribution in [0.25, 0.3) is 0 Å². The fraction of sp³-hybridized carbons (Fsp3) is 0.647. The van der Waals surface area contributed by atoms with E-state index in [9.17, 15) is 0 Å². The summed E-state index contributed by atoms with van der Waals surface area (Å²) in [4.78, 5) is 2.44. The van der Waals surface area contributed by atoms with E-state index in [1.807, 2.05) is 0 Å². The van der Waals surface area contributed by atoms with Crippen LogP contribution in [0, 0.1) is 5.41 Å². The number of halogens is 1. The van der Waals surface area contributed by atoms with Gasteiger partial charge in [-0.05, 0) is 50.4 Å². The van der Waals surface area contributed by atoms with E-state index in [0.717, 1.165) is 10.9 Å².